The SMILES string of the molecule is COc1ccccc1-c1nnc2n1NC(N)=C(C#N)S2. The maximum atomic E-state index is 8.97. The Balaban J connectivity index is 2.10. The lowest BCUT2D eigenvalue weighted by Crippen LogP contribution is -2.25. The molecule has 8 heteroatoms. The second kappa shape index (κ2) is 4.79. The molecule has 0 radical (unpaired) electrons. The molecule has 0 amide bonds. The Labute approximate surface area is 119 Å². The van der Waals surface area contributed by atoms with E-state index in [1.165, 1.54) is 11.8 Å². The van der Waals surface area contributed by atoms with Crippen molar-refractivity contribution in [2.24, 2.45) is 5.73 Å². The maximum absolute atomic E-state index is 8.97. The zero-order valence-electron chi connectivity index (χ0n) is 10.5. The van der Waals surface area contributed by atoms with Crippen LogP contribution < -0.4 is 15.9 Å². The third-order valence-electron chi connectivity index (χ3n) is 2.75. The van der Waals surface area contributed by atoms with E-state index >= 15 is 0 Å². The summed E-state index contributed by atoms with van der Waals surface area (Å²) >= 11 is 1.17. The lowest BCUT2D eigenvalue weighted by molar-refractivity contribution is 0.416. The van der Waals surface area contributed by atoms with E-state index in [1.807, 2.05) is 30.3 Å². The van der Waals surface area contributed by atoms with Gasteiger partial charge in [-0.1, -0.05) is 12.1 Å². The number of thioether (sulfide) groups is 1. The van der Waals surface area contributed by atoms with Crippen LogP contribution in [0.25, 0.3) is 11.4 Å². The summed E-state index contributed by atoms with van der Waals surface area (Å²) in [7, 11) is 1.59. The quantitative estimate of drug-likeness (QED) is 0.856. The van der Waals surface area contributed by atoms with Gasteiger partial charge in [-0.15, -0.1) is 10.2 Å². The molecule has 1 aromatic carbocycles. The Hall–Kier alpha value is -2.66. The molecule has 1 aromatic heterocycles. The molecule has 2 heterocycles. The third kappa shape index (κ3) is 1.85. The van der Waals surface area contributed by atoms with Gasteiger partial charge in [-0.25, -0.2) is 4.68 Å². The molecule has 7 nitrogen and oxygen atoms in total. The number of nitriles is 1. The fraction of sp³-hybridized carbons (Fsp3) is 0.0833. The van der Waals surface area contributed by atoms with E-state index in [1.54, 1.807) is 11.8 Å². The minimum atomic E-state index is 0.279. The van der Waals surface area contributed by atoms with Crippen LogP contribution in [0, 0.1) is 11.3 Å². The highest BCUT2D eigenvalue weighted by molar-refractivity contribution is 8.03. The predicted molar refractivity (Wildman–Crippen MR) is 74.1 cm³/mol. The van der Waals surface area contributed by atoms with E-state index in [4.69, 9.17) is 15.7 Å². The van der Waals surface area contributed by atoms with Gasteiger partial charge in [0.1, 0.15) is 22.5 Å². The molecule has 3 rings (SSSR count). The molecule has 20 heavy (non-hydrogen) atoms. The molecular formula is C12H10N6OS. The van der Waals surface area contributed by atoms with Gasteiger partial charge in [0.05, 0.1) is 12.7 Å². The minimum absolute atomic E-state index is 0.279. The number of nitrogens with zero attached hydrogens (tertiary/aromatic N) is 4. The molecule has 0 atom stereocenters. The number of hydrogen-bond donors (Lipinski definition) is 2. The monoisotopic (exact) mass is 286 g/mol. The average molecular weight is 286 g/mol. The second-order valence-electron chi connectivity index (χ2n) is 3.91. The molecule has 0 spiro atoms. The summed E-state index contributed by atoms with van der Waals surface area (Å²) in [6.45, 7) is 0. The first-order chi connectivity index (χ1) is 9.74. The van der Waals surface area contributed by atoms with Gasteiger partial charge in [-0.2, -0.15) is 5.26 Å². The highest BCUT2D eigenvalue weighted by Crippen LogP contribution is 2.34. The topological polar surface area (TPSA) is 102 Å². The summed E-state index contributed by atoms with van der Waals surface area (Å²) in [6.07, 6.45) is 0. The summed E-state index contributed by atoms with van der Waals surface area (Å²) < 4.78 is 6.96. The number of allylic oxidation sites excluding steroid dienone is 1. The summed E-state index contributed by atoms with van der Waals surface area (Å²) in [6, 6.07) is 9.49. The van der Waals surface area contributed by atoms with Crippen LogP contribution in [0.15, 0.2) is 40.1 Å². The molecule has 0 unspecified atom stereocenters. The predicted octanol–water partition coefficient (Wildman–Crippen LogP) is 1.25. The summed E-state index contributed by atoms with van der Waals surface area (Å²) in [5.74, 6) is 1.54. The van der Waals surface area contributed by atoms with Crippen molar-refractivity contribution in [3.05, 3.63) is 35.0 Å². The van der Waals surface area contributed by atoms with Crippen LogP contribution in [0.1, 0.15) is 0 Å². The number of rotatable bonds is 2. The second-order valence-corrected chi connectivity index (χ2v) is 4.89. The fourth-order valence-corrected chi connectivity index (χ4v) is 2.53. The molecule has 1 aliphatic rings. The molecule has 0 bridgehead atoms. The van der Waals surface area contributed by atoms with Crippen molar-refractivity contribution in [1.82, 2.24) is 14.9 Å². The smallest absolute Gasteiger partial charge is 0.216 e. The molecule has 0 aliphatic carbocycles. The first-order valence-electron chi connectivity index (χ1n) is 5.68. The number of para-hydroxylation sites is 1. The normalized spacial score (nSPS) is 13.4. The molecule has 100 valence electrons. The number of fused-ring (bicyclic) bond motifs is 1. The summed E-state index contributed by atoms with van der Waals surface area (Å²) in [4.78, 5) is 0.372. The number of hydrogen-bond acceptors (Lipinski definition) is 7. The first-order valence-corrected chi connectivity index (χ1v) is 6.49. The summed E-state index contributed by atoms with van der Waals surface area (Å²) in [5.41, 5.74) is 9.50. The standard InChI is InChI=1S/C12H10N6OS/c1-19-8-5-3-2-4-7(8)11-15-16-12-18(11)17-10(14)9(6-13)20-12/h2-5,17H,14H2,1H3. The van der Waals surface area contributed by atoms with Crippen LogP contribution in [0.5, 0.6) is 5.75 Å². The van der Waals surface area contributed by atoms with Gasteiger partial charge in [0.15, 0.2) is 5.82 Å². The number of methoxy groups -OCH3 is 1. The van der Waals surface area contributed by atoms with E-state index < -0.39 is 0 Å². The van der Waals surface area contributed by atoms with Crippen molar-refractivity contribution >= 4 is 11.8 Å². The van der Waals surface area contributed by atoms with Crippen LogP contribution in [0.2, 0.25) is 0 Å². The number of benzene rings is 1. The van der Waals surface area contributed by atoms with Crippen molar-refractivity contribution in [2.45, 2.75) is 5.16 Å². The molecular weight excluding hydrogens is 276 g/mol. The molecule has 0 fully saturated rings. The van der Waals surface area contributed by atoms with E-state index in [9.17, 15) is 0 Å². The van der Waals surface area contributed by atoms with Gasteiger partial charge < -0.3 is 10.5 Å². The Morgan fingerprint density at radius 3 is 2.95 bits per heavy atom. The van der Waals surface area contributed by atoms with Crippen LogP contribution in [0.3, 0.4) is 0 Å². The fourth-order valence-electron chi connectivity index (χ4n) is 1.84. The zero-order chi connectivity index (χ0) is 14.1. The van der Waals surface area contributed by atoms with Gasteiger partial charge >= 0.3 is 0 Å². The van der Waals surface area contributed by atoms with E-state index in [2.05, 4.69) is 15.6 Å². The maximum Gasteiger partial charge on any atom is 0.216 e. The molecule has 1 aliphatic heterocycles. The third-order valence-corrected chi connectivity index (χ3v) is 3.72. The molecule has 3 N–H and O–H groups in total. The van der Waals surface area contributed by atoms with Gasteiger partial charge in [-0.05, 0) is 23.9 Å². The lowest BCUT2D eigenvalue weighted by Gasteiger charge is -2.18. The Bertz CT molecular complexity index is 745. The van der Waals surface area contributed by atoms with Gasteiger partial charge in [-0.3, -0.25) is 5.43 Å². The number of nitrogens with two attached hydrogens (primary N) is 1. The number of aromatic nitrogens is 3. The first kappa shape index (κ1) is 12.4. The van der Waals surface area contributed by atoms with Crippen LogP contribution >= 0.6 is 11.8 Å². The van der Waals surface area contributed by atoms with Gasteiger partial charge in [0.25, 0.3) is 0 Å². The van der Waals surface area contributed by atoms with Crippen molar-refractivity contribution in [3.63, 3.8) is 0 Å². The lowest BCUT2D eigenvalue weighted by atomic mass is 10.2. The highest BCUT2D eigenvalue weighted by Gasteiger charge is 2.23. The Morgan fingerprint density at radius 1 is 1.40 bits per heavy atom. The zero-order valence-corrected chi connectivity index (χ0v) is 11.3. The highest BCUT2D eigenvalue weighted by atomic mass is 32.2. The average Bonchev–Trinajstić information content (AvgIpc) is 2.88. The molecule has 0 saturated heterocycles. The largest absolute Gasteiger partial charge is 0.496 e. The van der Waals surface area contributed by atoms with Crippen molar-refractivity contribution < 1.29 is 4.74 Å². The van der Waals surface area contributed by atoms with E-state index in [-0.39, 0.29) is 5.82 Å². The molecule has 0 saturated carbocycles. The Morgan fingerprint density at radius 2 is 2.20 bits per heavy atom. The van der Waals surface area contributed by atoms with Crippen molar-refractivity contribution in [3.8, 4) is 23.2 Å². The Kier molecular flexibility index (Phi) is 2.96. The summed E-state index contributed by atoms with van der Waals surface area (Å²) in [5, 5.41) is 17.7. The number of nitrogens with one attached hydrogen (secondary N) is 1. The van der Waals surface area contributed by atoms with Gasteiger partial charge in [0.2, 0.25) is 5.16 Å². The van der Waals surface area contributed by atoms with Crippen molar-refractivity contribution in [2.75, 3.05) is 12.5 Å². The van der Waals surface area contributed by atoms with Crippen LogP contribution in [0.4, 0.5) is 0 Å². The van der Waals surface area contributed by atoms with E-state index in [0.29, 0.717) is 21.6 Å². The molecule has 2 aromatic rings. The number of ether oxygens (including phenoxy) is 1. The van der Waals surface area contributed by atoms with Gasteiger partial charge in [0, 0.05) is 0 Å². The minimum Gasteiger partial charge on any atom is -0.496 e. The van der Waals surface area contributed by atoms with Crippen molar-refractivity contribution in [1.29, 1.82) is 5.26 Å². The van der Waals surface area contributed by atoms with E-state index in [0.717, 1.165) is 5.56 Å². The van der Waals surface area contributed by atoms with Crippen LogP contribution in [-0.4, -0.2) is 22.0 Å². The van der Waals surface area contributed by atoms with Crippen LogP contribution in [-0.2, 0) is 0 Å².